The van der Waals surface area contributed by atoms with E-state index in [4.69, 9.17) is 4.74 Å². The van der Waals surface area contributed by atoms with Crippen molar-refractivity contribution in [1.82, 2.24) is 19.2 Å². The van der Waals surface area contributed by atoms with Crippen molar-refractivity contribution in [3.05, 3.63) is 70.8 Å². The molecule has 0 fully saturated rings. The van der Waals surface area contributed by atoms with Crippen LogP contribution < -0.4 is 5.56 Å². The van der Waals surface area contributed by atoms with Crippen molar-refractivity contribution in [2.75, 3.05) is 6.61 Å². The average Bonchev–Trinajstić information content (AvgIpc) is 3.01. The first-order valence-corrected chi connectivity index (χ1v) is 8.29. The molecule has 0 bridgehead atoms. The van der Waals surface area contributed by atoms with E-state index >= 15 is 0 Å². The zero-order chi connectivity index (χ0) is 18.1. The lowest BCUT2D eigenvalue weighted by molar-refractivity contribution is -0.142. The van der Waals surface area contributed by atoms with Gasteiger partial charge < -0.3 is 4.74 Å². The molecule has 7 heteroatoms. The molecule has 2 aromatic heterocycles. The van der Waals surface area contributed by atoms with Gasteiger partial charge in [-0.25, -0.2) is 4.98 Å². The standard InChI is InChI=1S/C19H16N4O3/c1-2-26-17(24)12-16-21-23-18(25)14-10-6-7-11-15(14)20-19(23)22(16)13-8-4-3-5-9-13/h3-11H,2,12H2,1H3. The van der Waals surface area contributed by atoms with E-state index in [0.717, 1.165) is 5.69 Å². The van der Waals surface area contributed by atoms with E-state index in [1.54, 1.807) is 29.7 Å². The Hall–Kier alpha value is -3.48. The van der Waals surface area contributed by atoms with Crippen LogP contribution in [0, 0.1) is 0 Å². The van der Waals surface area contributed by atoms with Crippen LogP contribution in [-0.2, 0) is 16.0 Å². The molecule has 0 amide bonds. The van der Waals surface area contributed by atoms with Gasteiger partial charge in [0.2, 0.25) is 5.78 Å². The lowest BCUT2D eigenvalue weighted by Crippen LogP contribution is -2.16. The van der Waals surface area contributed by atoms with Crippen molar-refractivity contribution in [2.24, 2.45) is 0 Å². The molecule has 0 aliphatic heterocycles. The Morgan fingerprint density at radius 2 is 1.81 bits per heavy atom. The second-order valence-corrected chi connectivity index (χ2v) is 5.71. The molecule has 0 atom stereocenters. The second kappa shape index (κ2) is 6.44. The van der Waals surface area contributed by atoms with Crippen LogP contribution in [0.2, 0.25) is 0 Å². The Balaban J connectivity index is 2.03. The summed E-state index contributed by atoms with van der Waals surface area (Å²) >= 11 is 0. The summed E-state index contributed by atoms with van der Waals surface area (Å²) in [6.07, 6.45) is -0.0537. The maximum atomic E-state index is 12.8. The highest BCUT2D eigenvalue weighted by Crippen LogP contribution is 2.17. The van der Waals surface area contributed by atoms with Gasteiger partial charge in [-0.15, -0.1) is 5.10 Å². The van der Waals surface area contributed by atoms with Crippen LogP contribution in [0.3, 0.4) is 0 Å². The van der Waals surface area contributed by atoms with Crippen LogP contribution in [-0.4, -0.2) is 31.7 Å². The number of ether oxygens (including phenoxy) is 1. The molecular formula is C19H16N4O3. The Morgan fingerprint density at radius 1 is 1.08 bits per heavy atom. The number of rotatable bonds is 4. The maximum Gasteiger partial charge on any atom is 0.313 e. The smallest absolute Gasteiger partial charge is 0.313 e. The summed E-state index contributed by atoms with van der Waals surface area (Å²) in [5, 5.41) is 4.84. The first kappa shape index (κ1) is 16.0. The van der Waals surface area contributed by atoms with Crippen molar-refractivity contribution in [1.29, 1.82) is 0 Å². The summed E-state index contributed by atoms with van der Waals surface area (Å²) in [4.78, 5) is 29.4. The number of para-hydroxylation sites is 2. The minimum atomic E-state index is -0.405. The molecule has 4 aromatic rings. The normalized spacial score (nSPS) is 11.1. The molecule has 2 aromatic carbocycles. The molecule has 2 heterocycles. The zero-order valence-electron chi connectivity index (χ0n) is 14.1. The number of nitrogens with zero attached hydrogens (tertiary/aromatic N) is 4. The fourth-order valence-electron chi connectivity index (χ4n) is 2.92. The van der Waals surface area contributed by atoms with Crippen molar-refractivity contribution in [3.8, 4) is 5.69 Å². The number of carbonyl (C=O) groups excluding carboxylic acids is 1. The molecule has 0 aliphatic carbocycles. The van der Waals surface area contributed by atoms with E-state index in [1.165, 1.54) is 4.52 Å². The predicted octanol–water partition coefficient (Wildman–Crippen LogP) is 2.14. The summed E-state index contributed by atoms with van der Waals surface area (Å²) < 4.78 is 7.99. The van der Waals surface area contributed by atoms with E-state index in [9.17, 15) is 9.59 Å². The number of fused-ring (bicyclic) bond motifs is 2. The van der Waals surface area contributed by atoms with Gasteiger partial charge >= 0.3 is 5.97 Å². The SMILES string of the molecule is CCOC(=O)Cc1nn2c(=O)c3ccccc3nc2n1-c1ccccc1. The average molecular weight is 348 g/mol. The molecule has 26 heavy (non-hydrogen) atoms. The van der Waals surface area contributed by atoms with Gasteiger partial charge in [-0.05, 0) is 31.2 Å². The van der Waals surface area contributed by atoms with Crippen LogP contribution in [0.15, 0.2) is 59.4 Å². The Labute approximate surface area is 148 Å². The summed E-state index contributed by atoms with van der Waals surface area (Å²) in [6.45, 7) is 2.03. The van der Waals surface area contributed by atoms with Crippen LogP contribution in [0.5, 0.6) is 0 Å². The Bertz CT molecular complexity index is 1160. The highest BCUT2D eigenvalue weighted by molar-refractivity contribution is 5.79. The van der Waals surface area contributed by atoms with Crippen molar-refractivity contribution in [3.63, 3.8) is 0 Å². The molecule has 0 spiro atoms. The van der Waals surface area contributed by atoms with E-state index in [2.05, 4.69) is 10.1 Å². The lowest BCUT2D eigenvalue weighted by atomic mass is 10.2. The van der Waals surface area contributed by atoms with Gasteiger partial charge in [0.15, 0.2) is 0 Å². The van der Waals surface area contributed by atoms with Crippen LogP contribution in [0.4, 0.5) is 0 Å². The summed E-state index contributed by atoms with van der Waals surface area (Å²) in [5.41, 5.74) is 1.08. The quantitative estimate of drug-likeness (QED) is 0.528. The third kappa shape index (κ3) is 2.63. The third-order valence-corrected chi connectivity index (χ3v) is 4.03. The highest BCUT2D eigenvalue weighted by atomic mass is 16.5. The largest absolute Gasteiger partial charge is 0.466 e. The lowest BCUT2D eigenvalue weighted by Gasteiger charge is -2.07. The maximum absolute atomic E-state index is 12.8. The van der Waals surface area contributed by atoms with Crippen LogP contribution in [0.25, 0.3) is 22.4 Å². The molecule has 4 rings (SSSR count). The summed E-state index contributed by atoms with van der Waals surface area (Å²) in [6, 6.07) is 16.5. The minimum absolute atomic E-state index is 0.0537. The highest BCUT2D eigenvalue weighted by Gasteiger charge is 2.19. The number of benzene rings is 2. The fraction of sp³-hybridized carbons (Fsp3) is 0.158. The number of carbonyl (C=O) groups is 1. The molecule has 0 radical (unpaired) electrons. The molecule has 0 N–H and O–H groups in total. The molecule has 0 saturated carbocycles. The van der Waals surface area contributed by atoms with Gasteiger partial charge in [-0.2, -0.15) is 4.52 Å². The molecule has 130 valence electrons. The molecule has 0 saturated heterocycles. The zero-order valence-corrected chi connectivity index (χ0v) is 14.1. The molecule has 0 aliphatic rings. The monoisotopic (exact) mass is 348 g/mol. The topological polar surface area (TPSA) is 78.5 Å². The number of aromatic nitrogens is 4. The van der Waals surface area contributed by atoms with Gasteiger partial charge in [-0.3, -0.25) is 14.2 Å². The first-order chi connectivity index (χ1) is 12.7. The van der Waals surface area contributed by atoms with E-state index in [0.29, 0.717) is 22.5 Å². The van der Waals surface area contributed by atoms with E-state index < -0.39 is 5.97 Å². The number of esters is 1. The van der Waals surface area contributed by atoms with Crippen LogP contribution >= 0.6 is 0 Å². The minimum Gasteiger partial charge on any atom is -0.466 e. The van der Waals surface area contributed by atoms with Gasteiger partial charge in [0.25, 0.3) is 5.56 Å². The van der Waals surface area contributed by atoms with Crippen molar-refractivity contribution < 1.29 is 9.53 Å². The molecule has 0 unspecified atom stereocenters. The number of hydrogen-bond acceptors (Lipinski definition) is 5. The van der Waals surface area contributed by atoms with Gasteiger partial charge in [-0.1, -0.05) is 30.3 Å². The molecule has 7 nitrogen and oxygen atoms in total. The Morgan fingerprint density at radius 3 is 2.58 bits per heavy atom. The van der Waals surface area contributed by atoms with Crippen molar-refractivity contribution in [2.45, 2.75) is 13.3 Å². The van der Waals surface area contributed by atoms with E-state index in [-0.39, 0.29) is 18.6 Å². The van der Waals surface area contributed by atoms with Crippen LogP contribution in [0.1, 0.15) is 12.7 Å². The van der Waals surface area contributed by atoms with Gasteiger partial charge in [0.05, 0.1) is 23.2 Å². The first-order valence-electron chi connectivity index (χ1n) is 8.29. The number of hydrogen-bond donors (Lipinski definition) is 0. The van der Waals surface area contributed by atoms with Crippen molar-refractivity contribution >= 4 is 22.6 Å². The van der Waals surface area contributed by atoms with Gasteiger partial charge in [0.1, 0.15) is 12.2 Å². The van der Waals surface area contributed by atoms with E-state index in [1.807, 2.05) is 36.4 Å². The second-order valence-electron chi connectivity index (χ2n) is 5.71. The molecular weight excluding hydrogens is 332 g/mol. The fourth-order valence-corrected chi connectivity index (χ4v) is 2.92. The van der Waals surface area contributed by atoms with Gasteiger partial charge in [0, 0.05) is 0 Å². The predicted molar refractivity (Wildman–Crippen MR) is 96.4 cm³/mol. The Kier molecular flexibility index (Phi) is 3.96. The third-order valence-electron chi connectivity index (χ3n) is 4.03. The summed E-state index contributed by atoms with van der Waals surface area (Å²) in [5.74, 6) is 0.353. The summed E-state index contributed by atoms with van der Waals surface area (Å²) in [7, 11) is 0.